The van der Waals surface area contributed by atoms with Gasteiger partial charge in [-0.1, -0.05) is 11.2 Å². The van der Waals surface area contributed by atoms with Gasteiger partial charge in [0.05, 0.1) is 11.7 Å². The molecule has 0 aromatic carbocycles. The molecule has 4 heterocycles. The summed E-state index contributed by atoms with van der Waals surface area (Å²) in [6.45, 7) is 0.337. The fraction of sp³-hybridized carbons (Fsp3) is 0.190. The number of nitrogens with two attached hydrogens (primary N) is 2. The van der Waals surface area contributed by atoms with Crippen LogP contribution in [0, 0.1) is 0 Å². The van der Waals surface area contributed by atoms with Gasteiger partial charge in [-0.3, -0.25) is 14.5 Å². The summed E-state index contributed by atoms with van der Waals surface area (Å²) in [6, 6.07) is 1.62. The summed E-state index contributed by atoms with van der Waals surface area (Å²) >= 11 is 2.30. The van der Waals surface area contributed by atoms with Crippen molar-refractivity contribution in [2.45, 2.75) is 18.0 Å². The van der Waals surface area contributed by atoms with Crippen molar-refractivity contribution in [3.8, 4) is 0 Å². The zero-order valence-corrected chi connectivity index (χ0v) is 20.5. The van der Waals surface area contributed by atoms with Crippen molar-refractivity contribution >= 4 is 63.4 Å². The van der Waals surface area contributed by atoms with E-state index in [1.165, 1.54) is 17.1 Å². The molecule has 0 saturated carbocycles. The van der Waals surface area contributed by atoms with Gasteiger partial charge in [0, 0.05) is 17.2 Å². The van der Waals surface area contributed by atoms with Gasteiger partial charge in [0.2, 0.25) is 0 Å². The maximum Gasteiger partial charge on any atom is 0.316 e. The first kappa shape index (κ1) is 25.6. The smallest absolute Gasteiger partial charge is 0.316 e. The van der Waals surface area contributed by atoms with Gasteiger partial charge in [-0.15, -0.1) is 23.1 Å². The summed E-state index contributed by atoms with van der Waals surface area (Å²) in [7, 11) is 0. The predicted octanol–water partition coefficient (Wildman–Crippen LogP) is -1.66. The summed E-state index contributed by atoms with van der Waals surface area (Å²) in [6.07, 6.45) is 6.66. The lowest BCUT2D eigenvalue weighted by molar-refractivity contribution is -0.686. The molecule has 2 atom stereocenters. The number of nitrogen functional groups attached to an aromatic ring is 1. The molecule has 0 unspecified atom stereocenters. The second-order valence-corrected chi connectivity index (χ2v) is 9.72. The van der Waals surface area contributed by atoms with E-state index in [9.17, 15) is 29.5 Å². The molecule has 14 nitrogen and oxygen atoms in total. The number of nitrogens with zero attached hydrogens (tertiary/aromatic N) is 4. The second kappa shape index (κ2) is 10.7. The molecule has 4 rings (SSSR count). The van der Waals surface area contributed by atoms with Crippen LogP contribution in [0.25, 0.3) is 0 Å². The highest BCUT2D eigenvalue weighted by molar-refractivity contribution is 8.00. The number of pyridine rings is 1. The lowest BCUT2D eigenvalue weighted by Gasteiger charge is -2.50. The van der Waals surface area contributed by atoms with E-state index in [4.69, 9.17) is 11.5 Å². The van der Waals surface area contributed by atoms with Crippen LogP contribution < -0.4 is 31.8 Å². The molecule has 7 N–H and O–H groups in total. The van der Waals surface area contributed by atoms with Crippen LogP contribution in [0.15, 0.2) is 58.5 Å². The number of hydrogen-bond donors (Lipinski definition) is 5. The molecule has 0 radical (unpaired) electrons. The number of primary amides is 1. The third kappa shape index (κ3) is 5.39. The first-order chi connectivity index (χ1) is 17.7. The van der Waals surface area contributed by atoms with E-state index in [0.29, 0.717) is 17.8 Å². The Kier molecular flexibility index (Phi) is 7.40. The topological polar surface area (TPSA) is 220 Å². The van der Waals surface area contributed by atoms with Gasteiger partial charge >= 0.3 is 6.03 Å². The van der Waals surface area contributed by atoms with Gasteiger partial charge in [0.15, 0.2) is 29.8 Å². The minimum atomic E-state index is -1.53. The average Bonchev–Trinajstić information content (AvgIpc) is 3.27. The number of oxime groups is 1. The van der Waals surface area contributed by atoms with Gasteiger partial charge in [-0.05, 0) is 17.7 Å². The summed E-state index contributed by atoms with van der Waals surface area (Å²) in [5.74, 6) is -2.80. The number of thiazole rings is 1. The van der Waals surface area contributed by atoms with Crippen molar-refractivity contribution in [3.05, 3.63) is 59.0 Å². The zero-order chi connectivity index (χ0) is 26.7. The lowest BCUT2D eigenvalue weighted by Crippen LogP contribution is -2.71. The first-order valence-electron chi connectivity index (χ1n) is 10.5. The number of fused-ring (bicyclic) bond motifs is 1. The number of carbonyl (C=O) groups is 4. The molecule has 2 aromatic heterocycles. The molecule has 2 aliphatic rings. The summed E-state index contributed by atoms with van der Waals surface area (Å²) in [5, 5.41) is 30.0. The number of amides is 4. The number of β-lactam (4-membered cyclic amide) rings is 1. The second-order valence-electron chi connectivity index (χ2n) is 7.72. The van der Waals surface area contributed by atoms with Gasteiger partial charge in [0.1, 0.15) is 22.8 Å². The molecule has 0 spiro atoms. The van der Waals surface area contributed by atoms with E-state index in [1.54, 1.807) is 41.2 Å². The van der Waals surface area contributed by atoms with E-state index in [1.807, 2.05) is 0 Å². The highest BCUT2D eigenvalue weighted by Crippen LogP contribution is 2.40. The molecule has 1 fully saturated rings. The molecule has 4 amide bonds. The number of nitrogens with one attached hydrogen (secondary N) is 2. The van der Waals surface area contributed by atoms with Crippen LogP contribution in [0.5, 0.6) is 0 Å². The zero-order valence-electron chi connectivity index (χ0n) is 18.9. The fourth-order valence-electron chi connectivity index (χ4n) is 3.75. The minimum absolute atomic E-state index is 0.0407. The highest BCUT2D eigenvalue weighted by atomic mass is 32.2. The van der Waals surface area contributed by atoms with Gasteiger partial charge in [-0.2, -0.15) is 4.57 Å². The van der Waals surface area contributed by atoms with Crippen LogP contribution in [0.4, 0.5) is 15.6 Å². The Morgan fingerprint density at radius 1 is 1.41 bits per heavy atom. The van der Waals surface area contributed by atoms with Crippen molar-refractivity contribution in [3.63, 3.8) is 0 Å². The van der Waals surface area contributed by atoms with Crippen molar-refractivity contribution in [1.29, 1.82) is 0 Å². The number of allylic oxidation sites excluding steroid dienone is 2. The number of carbonyl (C=O) groups excluding carboxylic acids is 4. The Hall–Kier alpha value is -4.44. The Morgan fingerprint density at radius 3 is 2.84 bits per heavy atom. The number of aromatic nitrogens is 2. The molecule has 37 heavy (non-hydrogen) atoms. The van der Waals surface area contributed by atoms with E-state index in [2.05, 4.69) is 20.8 Å². The average molecular weight is 545 g/mol. The summed E-state index contributed by atoms with van der Waals surface area (Å²) in [4.78, 5) is 53.3. The molecule has 2 aromatic rings. The highest BCUT2D eigenvalue weighted by Gasteiger charge is 2.53. The third-order valence-electron chi connectivity index (χ3n) is 5.32. The van der Waals surface area contributed by atoms with Crippen LogP contribution in [0.1, 0.15) is 5.69 Å². The minimum Gasteiger partial charge on any atom is -0.543 e. The molecule has 192 valence electrons. The molecule has 0 aliphatic carbocycles. The van der Waals surface area contributed by atoms with Crippen molar-refractivity contribution < 1.29 is 34.1 Å². The van der Waals surface area contributed by atoms with E-state index >= 15 is 0 Å². The molecule has 1 saturated heterocycles. The van der Waals surface area contributed by atoms with Gasteiger partial charge in [-0.25, -0.2) is 9.78 Å². The predicted molar refractivity (Wildman–Crippen MR) is 131 cm³/mol. The number of hydrogen-bond acceptors (Lipinski definition) is 11. The molecule has 0 bridgehead atoms. The summed E-state index contributed by atoms with van der Waals surface area (Å²) in [5.41, 5.74) is 10.9. The van der Waals surface area contributed by atoms with Crippen molar-refractivity contribution in [1.82, 2.24) is 15.2 Å². The SMILES string of the molecule is NC(=O)Nc1ccc[n+](C/C=C/C2=C(C(=O)[O-])N3C(=O)[C@@H](NC(=O)/C(=N\O)c4csc(N)n4)[C@H]3SC2)c1. The maximum atomic E-state index is 12.8. The standard InChI is InChI=1S/C21H20N8O6S2/c22-20(34)24-11-4-2-6-28(7-11)5-1-3-10-8-36-18-14(17(31)29(18)15(10)19(32)33)26-16(30)13(27-35)12-9-37-21(23)25-12/h1-4,6-7,9,14,18H,5,8H2,(H7-,22,23,24,25,26,30,32,33,34,35)/b3-1+/t14-,18-/m1/s1. The molecular weight excluding hydrogens is 524 g/mol. The fourth-order valence-corrected chi connectivity index (χ4v) is 5.61. The van der Waals surface area contributed by atoms with Crippen molar-refractivity contribution in [2.24, 2.45) is 10.9 Å². The summed E-state index contributed by atoms with van der Waals surface area (Å²) < 4.78 is 1.73. The van der Waals surface area contributed by atoms with Gasteiger partial charge < -0.3 is 37.2 Å². The van der Waals surface area contributed by atoms with Crippen LogP contribution in [-0.2, 0) is 20.9 Å². The number of thioether (sulfide) groups is 1. The van der Waals surface area contributed by atoms with E-state index in [0.717, 1.165) is 16.2 Å². The third-order valence-corrected chi connectivity index (χ3v) is 7.29. The van der Waals surface area contributed by atoms with Crippen LogP contribution in [0.3, 0.4) is 0 Å². The Bertz CT molecular complexity index is 1370. The number of aliphatic carboxylic acids is 1. The Balaban J connectivity index is 1.46. The molecule has 2 aliphatic heterocycles. The monoisotopic (exact) mass is 544 g/mol. The molecule has 16 heteroatoms. The molecular formula is C21H20N8O6S2. The number of carboxylic acid groups (broad SMARTS) is 1. The van der Waals surface area contributed by atoms with Crippen LogP contribution in [-0.4, -0.2) is 61.8 Å². The van der Waals surface area contributed by atoms with Crippen molar-refractivity contribution in [2.75, 3.05) is 16.8 Å². The van der Waals surface area contributed by atoms with Crippen LogP contribution in [0.2, 0.25) is 0 Å². The number of carboxylic acids is 1. The first-order valence-corrected chi connectivity index (χ1v) is 12.5. The Labute approximate surface area is 217 Å². The van der Waals surface area contributed by atoms with Crippen LogP contribution >= 0.6 is 23.1 Å². The quantitative estimate of drug-likeness (QED) is 0.0843. The van der Waals surface area contributed by atoms with Gasteiger partial charge in [0.25, 0.3) is 11.8 Å². The largest absolute Gasteiger partial charge is 0.543 e. The maximum absolute atomic E-state index is 12.8. The lowest BCUT2D eigenvalue weighted by atomic mass is 10.0. The number of urea groups is 1. The Morgan fingerprint density at radius 2 is 2.19 bits per heavy atom. The van der Waals surface area contributed by atoms with E-state index in [-0.39, 0.29) is 22.3 Å². The number of rotatable bonds is 8. The normalized spacial score (nSPS) is 19.4. The van der Waals surface area contributed by atoms with E-state index < -0.39 is 40.9 Å². The number of anilines is 2.